The highest BCUT2D eigenvalue weighted by molar-refractivity contribution is 7.99. The molecule has 0 radical (unpaired) electrons. The van der Waals surface area contributed by atoms with Gasteiger partial charge < -0.3 is 38.2 Å². The third-order valence-corrected chi connectivity index (χ3v) is 8.31. The molecule has 12 nitrogen and oxygen atoms in total. The van der Waals surface area contributed by atoms with E-state index < -0.39 is 11.9 Å². The molecule has 0 atom stereocenters. The van der Waals surface area contributed by atoms with Crippen molar-refractivity contribution in [3.8, 4) is 0 Å². The van der Waals surface area contributed by atoms with Crippen molar-refractivity contribution in [1.29, 1.82) is 0 Å². The minimum Gasteiger partial charge on any atom is -0.462 e. The summed E-state index contributed by atoms with van der Waals surface area (Å²) in [5, 5.41) is 0. The summed E-state index contributed by atoms with van der Waals surface area (Å²) in [6.45, 7) is 2.11. The average molecular weight is 709 g/mol. The van der Waals surface area contributed by atoms with Gasteiger partial charge in [-0.25, -0.2) is 9.59 Å². The first-order chi connectivity index (χ1) is 23.2. The third-order valence-electron chi connectivity index (χ3n) is 6.41. The van der Waals surface area contributed by atoms with Crippen molar-refractivity contribution in [2.75, 3.05) is 114 Å². The molecule has 0 heterocycles. The molecular weight excluding hydrogens is 661 g/mol. The molecule has 0 aliphatic carbocycles. The Bertz CT molecular complexity index is 1130. The van der Waals surface area contributed by atoms with E-state index in [-0.39, 0.29) is 51.2 Å². The van der Waals surface area contributed by atoms with Crippen LogP contribution < -0.4 is 9.80 Å². The maximum absolute atomic E-state index is 12.1. The van der Waals surface area contributed by atoms with Crippen molar-refractivity contribution in [3.63, 3.8) is 0 Å². The second-order valence-electron chi connectivity index (χ2n) is 10.5. The van der Waals surface area contributed by atoms with Crippen molar-refractivity contribution in [2.24, 2.45) is 0 Å². The van der Waals surface area contributed by atoms with Gasteiger partial charge in [-0.1, -0.05) is 0 Å². The molecule has 48 heavy (non-hydrogen) atoms. The first-order valence-electron chi connectivity index (χ1n) is 15.7. The largest absolute Gasteiger partial charge is 0.462 e. The lowest BCUT2D eigenvalue weighted by atomic mass is 10.2. The van der Waals surface area contributed by atoms with Crippen LogP contribution in [0.15, 0.2) is 48.5 Å². The molecule has 0 N–H and O–H groups in total. The summed E-state index contributed by atoms with van der Waals surface area (Å²) in [6, 6.07) is 14.1. The van der Waals surface area contributed by atoms with Crippen LogP contribution in [0.2, 0.25) is 0 Å². The van der Waals surface area contributed by atoms with Crippen LogP contribution in [0.1, 0.15) is 33.6 Å². The molecule has 0 fully saturated rings. The monoisotopic (exact) mass is 708 g/mol. The zero-order valence-corrected chi connectivity index (χ0v) is 29.9. The molecule has 0 amide bonds. The maximum atomic E-state index is 12.1. The van der Waals surface area contributed by atoms with Gasteiger partial charge in [-0.3, -0.25) is 9.59 Å². The lowest BCUT2D eigenvalue weighted by Gasteiger charge is -2.12. The van der Waals surface area contributed by atoms with Crippen LogP contribution in [-0.4, -0.2) is 128 Å². The molecule has 266 valence electrons. The summed E-state index contributed by atoms with van der Waals surface area (Å²) in [6.07, 6.45) is 0.539. The number of thioether (sulfide) groups is 2. The van der Waals surface area contributed by atoms with E-state index in [2.05, 4.69) is 0 Å². The lowest BCUT2D eigenvalue weighted by molar-refractivity contribution is -0.145. The van der Waals surface area contributed by atoms with Crippen LogP contribution in [0.25, 0.3) is 0 Å². The zero-order valence-electron chi connectivity index (χ0n) is 28.3. The van der Waals surface area contributed by atoms with Gasteiger partial charge in [0.05, 0.1) is 50.4 Å². The van der Waals surface area contributed by atoms with Gasteiger partial charge in [-0.05, 0) is 48.5 Å². The molecule has 14 heteroatoms. The van der Waals surface area contributed by atoms with Crippen molar-refractivity contribution < 1.29 is 47.6 Å². The number of rotatable bonds is 25. The SMILES string of the molecule is CN(C)c1ccc(C(=O)OCCOC(=O)CCSCCOCCOCCSCCC(=O)OCCOC(=O)c2ccc(N(C)C)cc2)cc1. The Labute approximate surface area is 292 Å². The Balaban J connectivity index is 1.31. The van der Waals surface area contributed by atoms with Gasteiger partial charge in [0.1, 0.15) is 26.4 Å². The molecule has 0 aliphatic rings. The van der Waals surface area contributed by atoms with Crippen LogP contribution in [0.4, 0.5) is 11.4 Å². The van der Waals surface area contributed by atoms with Crippen LogP contribution >= 0.6 is 23.5 Å². The Morgan fingerprint density at radius 2 is 0.833 bits per heavy atom. The quantitative estimate of drug-likeness (QED) is 0.0830. The first kappa shape index (κ1) is 40.7. The summed E-state index contributed by atoms with van der Waals surface area (Å²) in [4.78, 5) is 51.7. The summed E-state index contributed by atoms with van der Waals surface area (Å²) in [7, 11) is 7.68. The van der Waals surface area contributed by atoms with Gasteiger partial charge in [0.25, 0.3) is 0 Å². The first-order valence-corrected chi connectivity index (χ1v) is 18.0. The van der Waals surface area contributed by atoms with Gasteiger partial charge in [0, 0.05) is 62.6 Å². The van der Waals surface area contributed by atoms with Crippen molar-refractivity contribution in [3.05, 3.63) is 59.7 Å². The molecule has 0 bridgehead atoms. The van der Waals surface area contributed by atoms with Crippen LogP contribution in [-0.2, 0) is 38.0 Å². The molecular formula is C34H48N2O10S2. The fraction of sp³-hybridized carbons (Fsp3) is 0.529. The number of ether oxygens (including phenoxy) is 6. The standard InChI is InChI=1S/C34H48N2O10S2/c1-35(2)29-9-5-27(6-10-29)33(39)45-19-17-43-31(37)13-23-47-25-21-41-15-16-42-22-26-48-24-14-32(38)44-18-20-46-34(40)28-7-11-30(12-8-28)36(3)4/h5-12H,13-26H2,1-4H3. The summed E-state index contributed by atoms with van der Waals surface area (Å²) < 4.78 is 31.6. The zero-order chi connectivity index (χ0) is 35.0. The normalized spacial score (nSPS) is 10.7. The highest BCUT2D eigenvalue weighted by atomic mass is 32.2. The van der Waals surface area contributed by atoms with E-state index in [4.69, 9.17) is 28.4 Å². The molecule has 0 aliphatic heterocycles. The second-order valence-corrected chi connectivity index (χ2v) is 13.0. The summed E-state index contributed by atoms with van der Waals surface area (Å²) in [5.41, 5.74) is 2.86. The molecule has 2 rings (SSSR count). The van der Waals surface area contributed by atoms with E-state index in [9.17, 15) is 19.2 Å². The number of carbonyl (C=O) groups is 4. The summed E-state index contributed by atoms with van der Waals surface area (Å²) in [5.74, 6) is 1.14. The van der Waals surface area contributed by atoms with E-state index in [1.807, 2.05) is 62.3 Å². The topological polar surface area (TPSA) is 130 Å². The van der Waals surface area contributed by atoms with Crippen LogP contribution in [0, 0.1) is 0 Å². The Morgan fingerprint density at radius 1 is 0.479 bits per heavy atom. The minimum atomic E-state index is -0.454. The number of hydrogen-bond acceptors (Lipinski definition) is 14. The molecule has 0 aromatic heterocycles. The molecule has 0 unspecified atom stereocenters. The predicted molar refractivity (Wildman–Crippen MR) is 190 cm³/mol. The van der Waals surface area contributed by atoms with Gasteiger partial charge >= 0.3 is 23.9 Å². The third kappa shape index (κ3) is 18.2. The predicted octanol–water partition coefficient (Wildman–Crippen LogP) is 4.20. The number of hydrogen-bond donors (Lipinski definition) is 0. The average Bonchev–Trinajstić information content (AvgIpc) is 3.08. The molecule has 2 aromatic rings. The number of anilines is 2. The fourth-order valence-corrected chi connectivity index (χ4v) is 5.26. The van der Waals surface area contributed by atoms with Gasteiger partial charge in [0.15, 0.2) is 0 Å². The van der Waals surface area contributed by atoms with E-state index in [0.717, 1.165) is 22.9 Å². The highest BCUT2D eigenvalue weighted by Gasteiger charge is 2.10. The Morgan fingerprint density at radius 3 is 1.19 bits per heavy atom. The molecule has 0 saturated carbocycles. The van der Waals surface area contributed by atoms with Crippen molar-refractivity contribution in [1.82, 2.24) is 0 Å². The molecule has 0 saturated heterocycles. The lowest BCUT2D eigenvalue weighted by Crippen LogP contribution is -2.15. The smallest absolute Gasteiger partial charge is 0.338 e. The van der Waals surface area contributed by atoms with Crippen molar-refractivity contribution in [2.45, 2.75) is 12.8 Å². The maximum Gasteiger partial charge on any atom is 0.338 e. The van der Waals surface area contributed by atoms with E-state index in [0.29, 0.717) is 49.1 Å². The second kappa shape index (κ2) is 24.6. The number of benzene rings is 2. The van der Waals surface area contributed by atoms with Crippen LogP contribution in [0.3, 0.4) is 0 Å². The molecule has 0 spiro atoms. The minimum absolute atomic E-state index is 0.00628. The number of nitrogens with zero attached hydrogens (tertiary/aromatic N) is 2. The highest BCUT2D eigenvalue weighted by Crippen LogP contribution is 2.14. The van der Waals surface area contributed by atoms with Crippen LogP contribution in [0.5, 0.6) is 0 Å². The Kier molecular flexibility index (Phi) is 20.9. The van der Waals surface area contributed by atoms with Gasteiger partial charge in [-0.2, -0.15) is 23.5 Å². The van der Waals surface area contributed by atoms with Crippen molar-refractivity contribution >= 4 is 58.8 Å². The molecule has 2 aromatic carbocycles. The van der Waals surface area contributed by atoms with E-state index in [1.54, 1.807) is 47.8 Å². The van der Waals surface area contributed by atoms with E-state index in [1.165, 1.54) is 0 Å². The Hall–Kier alpha value is -3.46. The van der Waals surface area contributed by atoms with Gasteiger partial charge in [0.2, 0.25) is 0 Å². The number of carbonyl (C=O) groups excluding carboxylic acids is 4. The summed E-state index contributed by atoms with van der Waals surface area (Å²) >= 11 is 3.19. The fourth-order valence-electron chi connectivity index (χ4n) is 3.75. The van der Waals surface area contributed by atoms with Gasteiger partial charge in [-0.15, -0.1) is 0 Å². The van der Waals surface area contributed by atoms with E-state index >= 15 is 0 Å². The number of esters is 4.